The predicted octanol–water partition coefficient (Wildman–Crippen LogP) is 1.88. The summed E-state index contributed by atoms with van der Waals surface area (Å²) in [6, 6.07) is 10.8. The summed E-state index contributed by atoms with van der Waals surface area (Å²) in [6.45, 7) is 1.07. The van der Waals surface area contributed by atoms with Crippen LogP contribution in [0.3, 0.4) is 0 Å². The smallest absolute Gasteiger partial charge is 0.358 e. The molecule has 0 atom stereocenters. The van der Waals surface area contributed by atoms with Crippen LogP contribution in [-0.4, -0.2) is 28.2 Å². The summed E-state index contributed by atoms with van der Waals surface area (Å²) >= 11 is 0. The second-order valence-electron chi connectivity index (χ2n) is 4.47. The van der Waals surface area contributed by atoms with E-state index in [0.717, 1.165) is 5.56 Å². The van der Waals surface area contributed by atoms with E-state index in [4.69, 9.17) is 14.9 Å². The number of benzene rings is 1. The van der Waals surface area contributed by atoms with Crippen LogP contribution in [0, 0.1) is 11.3 Å². The van der Waals surface area contributed by atoms with Crippen molar-refractivity contribution >= 4 is 5.97 Å². The average Bonchev–Trinajstić information content (AvgIpc) is 2.87. The average molecular weight is 271 g/mol. The van der Waals surface area contributed by atoms with E-state index in [1.165, 1.54) is 6.07 Å². The zero-order valence-corrected chi connectivity index (χ0v) is 10.9. The van der Waals surface area contributed by atoms with Crippen LogP contribution in [0.15, 0.2) is 34.9 Å². The topological polar surface area (TPSA) is 90.4 Å². The zero-order chi connectivity index (χ0) is 14.5. The van der Waals surface area contributed by atoms with Crippen molar-refractivity contribution in [2.45, 2.75) is 13.1 Å². The fourth-order valence-corrected chi connectivity index (χ4v) is 1.86. The minimum absolute atomic E-state index is 0.0973. The van der Waals surface area contributed by atoms with Gasteiger partial charge in [-0.15, -0.1) is 0 Å². The Bertz CT molecular complexity index is 658. The molecule has 0 aliphatic heterocycles. The van der Waals surface area contributed by atoms with Crippen LogP contribution in [0.5, 0.6) is 0 Å². The van der Waals surface area contributed by atoms with Gasteiger partial charge in [-0.2, -0.15) is 5.26 Å². The standard InChI is InChI=1S/C14H13N3O3/c1-17(8-11-4-2-3-10(5-11)7-15)9-12-6-13(14(18)19)16-20-12/h2-6H,8-9H2,1H3,(H,18,19). The summed E-state index contributed by atoms with van der Waals surface area (Å²) in [5.41, 5.74) is 1.52. The van der Waals surface area contributed by atoms with Gasteiger partial charge in [-0.1, -0.05) is 17.3 Å². The summed E-state index contributed by atoms with van der Waals surface area (Å²) in [5, 5.41) is 21.1. The van der Waals surface area contributed by atoms with Gasteiger partial charge in [0.25, 0.3) is 0 Å². The van der Waals surface area contributed by atoms with E-state index in [9.17, 15) is 4.79 Å². The molecule has 6 heteroatoms. The molecule has 0 spiro atoms. The lowest BCUT2D eigenvalue weighted by molar-refractivity contribution is 0.0685. The van der Waals surface area contributed by atoms with Crippen LogP contribution in [-0.2, 0) is 13.1 Å². The van der Waals surface area contributed by atoms with Gasteiger partial charge < -0.3 is 9.63 Å². The van der Waals surface area contributed by atoms with Crippen molar-refractivity contribution in [1.82, 2.24) is 10.1 Å². The molecule has 0 fully saturated rings. The number of nitriles is 1. The van der Waals surface area contributed by atoms with Crippen molar-refractivity contribution in [1.29, 1.82) is 5.26 Å². The van der Waals surface area contributed by atoms with Crippen LogP contribution >= 0.6 is 0 Å². The maximum absolute atomic E-state index is 10.7. The predicted molar refractivity (Wildman–Crippen MR) is 69.8 cm³/mol. The van der Waals surface area contributed by atoms with Crippen LogP contribution in [0.2, 0.25) is 0 Å². The first-order chi connectivity index (χ1) is 9.58. The van der Waals surface area contributed by atoms with Crippen molar-refractivity contribution in [3.8, 4) is 6.07 Å². The number of hydrogen-bond acceptors (Lipinski definition) is 5. The number of carboxylic acid groups (broad SMARTS) is 1. The highest BCUT2D eigenvalue weighted by Gasteiger charge is 2.12. The normalized spacial score (nSPS) is 10.4. The molecular weight excluding hydrogens is 258 g/mol. The Balaban J connectivity index is 1.99. The lowest BCUT2D eigenvalue weighted by Crippen LogP contribution is -2.16. The van der Waals surface area contributed by atoms with Gasteiger partial charge in [0.15, 0.2) is 11.5 Å². The van der Waals surface area contributed by atoms with Crippen LogP contribution in [0.1, 0.15) is 27.4 Å². The Morgan fingerprint density at radius 3 is 2.90 bits per heavy atom. The van der Waals surface area contributed by atoms with Crippen LogP contribution in [0.25, 0.3) is 0 Å². The highest BCUT2D eigenvalue weighted by molar-refractivity contribution is 5.85. The van der Waals surface area contributed by atoms with Crippen LogP contribution in [0.4, 0.5) is 0 Å². The molecule has 0 saturated carbocycles. The minimum Gasteiger partial charge on any atom is -0.476 e. The molecule has 20 heavy (non-hydrogen) atoms. The van der Waals surface area contributed by atoms with Crippen molar-refractivity contribution in [2.24, 2.45) is 0 Å². The van der Waals surface area contributed by atoms with Gasteiger partial charge in [0.1, 0.15) is 0 Å². The summed E-state index contributed by atoms with van der Waals surface area (Å²) in [4.78, 5) is 12.6. The van der Waals surface area contributed by atoms with Gasteiger partial charge >= 0.3 is 5.97 Å². The van der Waals surface area contributed by atoms with Crippen LogP contribution < -0.4 is 0 Å². The molecule has 2 rings (SSSR count). The van der Waals surface area contributed by atoms with Gasteiger partial charge in [-0.05, 0) is 24.7 Å². The number of aromatic nitrogens is 1. The second kappa shape index (κ2) is 5.99. The fourth-order valence-electron chi connectivity index (χ4n) is 1.86. The molecule has 0 amide bonds. The molecule has 0 radical (unpaired) electrons. The number of carbonyl (C=O) groups is 1. The van der Waals surface area contributed by atoms with Crippen molar-refractivity contribution in [3.05, 3.63) is 52.9 Å². The first kappa shape index (κ1) is 13.8. The van der Waals surface area contributed by atoms with E-state index in [1.807, 2.05) is 30.1 Å². The first-order valence-electron chi connectivity index (χ1n) is 5.95. The zero-order valence-electron chi connectivity index (χ0n) is 10.9. The summed E-state index contributed by atoms with van der Waals surface area (Å²) in [7, 11) is 1.88. The van der Waals surface area contributed by atoms with Crippen molar-refractivity contribution in [2.75, 3.05) is 7.05 Å². The molecule has 1 heterocycles. The summed E-state index contributed by atoms with van der Waals surface area (Å²) < 4.78 is 4.95. The molecular formula is C14H13N3O3. The number of rotatable bonds is 5. The maximum atomic E-state index is 10.7. The second-order valence-corrected chi connectivity index (χ2v) is 4.47. The third-order valence-corrected chi connectivity index (χ3v) is 2.71. The lowest BCUT2D eigenvalue weighted by Gasteiger charge is -2.14. The maximum Gasteiger partial charge on any atom is 0.358 e. The SMILES string of the molecule is CN(Cc1cccc(C#N)c1)Cc1cc(C(=O)O)no1. The van der Waals surface area contributed by atoms with E-state index < -0.39 is 5.97 Å². The largest absolute Gasteiger partial charge is 0.476 e. The molecule has 1 aromatic carbocycles. The molecule has 0 unspecified atom stereocenters. The van der Waals surface area contributed by atoms with Gasteiger partial charge in [0.05, 0.1) is 18.2 Å². The number of aromatic carboxylic acids is 1. The molecule has 6 nitrogen and oxygen atoms in total. The van der Waals surface area contributed by atoms with Gasteiger partial charge in [-0.25, -0.2) is 4.79 Å². The van der Waals surface area contributed by atoms with Gasteiger partial charge in [0.2, 0.25) is 0 Å². The van der Waals surface area contributed by atoms with Crippen molar-refractivity contribution in [3.63, 3.8) is 0 Å². The van der Waals surface area contributed by atoms with E-state index >= 15 is 0 Å². The van der Waals surface area contributed by atoms with Gasteiger partial charge in [-0.3, -0.25) is 4.90 Å². The Kier molecular flexibility index (Phi) is 4.13. The first-order valence-corrected chi connectivity index (χ1v) is 5.95. The highest BCUT2D eigenvalue weighted by atomic mass is 16.5. The van der Waals surface area contributed by atoms with Crippen molar-refractivity contribution < 1.29 is 14.4 Å². The van der Waals surface area contributed by atoms with E-state index in [2.05, 4.69) is 11.2 Å². The Labute approximate surface area is 115 Å². The Hall–Kier alpha value is -2.65. The molecule has 0 saturated heterocycles. The quantitative estimate of drug-likeness (QED) is 0.892. The molecule has 102 valence electrons. The molecule has 1 aromatic heterocycles. The van der Waals surface area contributed by atoms with Gasteiger partial charge in [0, 0.05) is 12.6 Å². The number of carboxylic acids is 1. The van der Waals surface area contributed by atoms with E-state index in [1.54, 1.807) is 6.07 Å². The Morgan fingerprint density at radius 1 is 1.45 bits per heavy atom. The molecule has 0 aliphatic rings. The minimum atomic E-state index is -1.11. The lowest BCUT2D eigenvalue weighted by atomic mass is 10.1. The third-order valence-electron chi connectivity index (χ3n) is 2.71. The van der Waals surface area contributed by atoms with E-state index in [-0.39, 0.29) is 5.69 Å². The summed E-state index contributed by atoms with van der Waals surface area (Å²) in [5.74, 6) is -0.620. The molecule has 0 bridgehead atoms. The molecule has 1 N–H and O–H groups in total. The third kappa shape index (κ3) is 3.43. The summed E-state index contributed by atoms with van der Waals surface area (Å²) in [6.07, 6.45) is 0. The number of hydrogen-bond donors (Lipinski definition) is 1. The fraction of sp³-hybridized carbons (Fsp3) is 0.214. The highest BCUT2D eigenvalue weighted by Crippen LogP contribution is 2.11. The monoisotopic (exact) mass is 271 g/mol. The Morgan fingerprint density at radius 2 is 2.25 bits per heavy atom. The van der Waals surface area contributed by atoms with E-state index in [0.29, 0.717) is 24.4 Å². The molecule has 0 aliphatic carbocycles. The number of nitrogens with zero attached hydrogens (tertiary/aromatic N) is 3. The molecule has 2 aromatic rings.